The van der Waals surface area contributed by atoms with E-state index in [4.69, 9.17) is 4.42 Å². The third-order valence-electron chi connectivity index (χ3n) is 1.93. The fraction of sp³-hybridized carbons (Fsp3) is 0.333. The topological polar surface area (TPSA) is 51.0 Å². The van der Waals surface area contributed by atoms with Gasteiger partial charge >= 0.3 is 0 Å². The summed E-state index contributed by atoms with van der Waals surface area (Å²) in [6.45, 7) is 3.41. The van der Waals surface area contributed by atoms with Gasteiger partial charge in [-0.05, 0) is 6.92 Å². The van der Waals surface area contributed by atoms with Crippen molar-refractivity contribution in [2.45, 2.75) is 20.0 Å². The van der Waals surface area contributed by atoms with E-state index in [1.54, 1.807) is 11.3 Å². The Labute approximate surface area is 86.0 Å². The lowest BCUT2D eigenvalue weighted by Crippen LogP contribution is -2.13. The highest BCUT2D eigenvalue weighted by Crippen LogP contribution is 2.04. The van der Waals surface area contributed by atoms with Gasteiger partial charge in [-0.2, -0.15) is 0 Å². The van der Waals surface area contributed by atoms with Crippen LogP contribution in [0, 0.1) is 6.92 Å². The van der Waals surface area contributed by atoms with Crippen molar-refractivity contribution in [3.05, 3.63) is 34.4 Å². The number of aromatic nitrogens is 2. The summed E-state index contributed by atoms with van der Waals surface area (Å²) in [5.41, 5.74) is 3.86. The van der Waals surface area contributed by atoms with Gasteiger partial charge in [0.1, 0.15) is 5.76 Å². The van der Waals surface area contributed by atoms with Crippen LogP contribution in [0.2, 0.25) is 0 Å². The zero-order valence-corrected chi connectivity index (χ0v) is 8.67. The molecule has 74 valence electrons. The van der Waals surface area contributed by atoms with Crippen molar-refractivity contribution >= 4 is 11.3 Å². The summed E-state index contributed by atoms with van der Waals surface area (Å²) in [6.07, 6.45) is 1.47. The molecule has 0 aliphatic rings. The minimum absolute atomic E-state index is 0.722. The van der Waals surface area contributed by atoms with Crippen LogP contribution >= 0.6 is 11.3 Å². The van der Waals surface area contributed by atoms with Crippen LogP contribution < -0.4 is 5.32 Å². The van der Waals surface area contributed by atoms with Crippen LogP contribution in [0.25, 0.3) is 0 Å². The third kappa shape index (κ3) is 2.18. The molecule has 0 aliphatic heterocycles. The van der Waals surface area contributed by atoms with Crippen molar-refractivity contribution in [2.75, 3.05) is 0 Å². The molecular weight excluding hydrogens is 198 g/mol. The number of thiazole rings is 1. The Morgan fingerprint density at radius 1 is 1.43 bits per heavy atom. The van der Waals surface area contributed by atoms with Gasteiger partial charge in [0, 0.05) is 18.5 Å². The molecule has 0 aliphatic carbocycles. The van der Waals surface area contributed by atoms with Crippen molar-refractivity contribution in [3.63, 3.8) is 0 Å². The highest BCUT2D eigenvalue weighted by atomic mass is 32.1. The molecule has 0 unspecified atom stereocenters. The molecule has 2 aromatic heterocycles. The molecule has 0 saturated carbocycles. The van der Waals surface area contributed by atoms with Gasteiger partial charge in [0.05, 0.1) is 16.9 Å². The average molecular weight is 209 g/mol. The molecule has 2 aromatic rings. The van der Waals surface area contributed by atoms with Gasteiger partial charge < -0.3 is 9.73 Å². The summed E-state index contributed by atoms with van der Waals surface area (Å²) < 4.78 is 5.09. The van der Waals surface area contributed by atoms with Crippen molar-refractivity contribution < 1.29 is 4.42 Å². The Morgan fingerprint density at radius 2 is 2.36 bits per heavy atom. The molecule has 0 amide bonds. The number of nitrogens with one attached hydrogen (secondary N) is 1. The van der Waals surface area contributed by atoms with Crippen LogP contribution in [0.4, 0.5) is 0 Å². The Morgan fingerprint density at radius 3 is 3.00 bits per heavy atom. The standard InChI is InChI=1S/C9H11N3OS/c1-7-9(11-5-13-7)3-10-2-8-4-14-6-12-8/h4-6,10H,2-3H2,1H3. The second-order valence-corrected chi connectivity index (χ2v) is 3.66. The zero-order valence-electron chi connectivity index (χ0n) is 7.86. The Hall–Kier alpha value is -1.20. The van der Waals surface area contributed by atoms with Crippen LogP contribution in [0.15, 0.2) is 21.7 Å². The van der Waals surface area contributed by atoms with Crippen LogP contribution in [-0.4, -0.2) is 9.97 Å². The van der Waals surface area contributed by atoms with Crippen LogP contribution in [-0.2, 0) is 13.1 Å². The Balaban J connectivity index is 1.81. The van der Waals surface area contributed by atoms with E-state index < -0.39 is 0 Å². The molecule has 1 N–H and O–H groups in total. The first-order valence-corrected chi connectivity index (χ1v) is 5.27. The largest absolute Gasteiger partial charge is 0.448 e. The first-order valence-electron chi connectivity index (χ1n) is 4.33. The molecule has 14 heavy (non-hydrogen) atoms. The second kappa shape index (κ2) is 4.34. The number of hydrogen-bond donors (Lipinski definition) is 1. The van der Waals surface area contributed by atoms with E-state index in [1.807, 2.05) is 17.8 Å². The lowest BCUT2D eigenvalue weighted by Gasteiger charge is -1.99. The summed E-state index contributed by atoms with van der Waals surface area (Å²) in [5, 5.41) is 5.28. The van der Waals surface area contributed by atoms with Gasteiger partial charge in [0.15, 0.2) is 6.39 Å². The predicted molar refractivity (Wildman–Crippen MR) is 53.9 cm³/mol. The van der Waals surface area contributed by atoms with Crippen molar-refractivity contribution in [1.82, 2.24) is 15.3 Å². The highest BCUT2D eigenvalue weighted by Gasteiger charge is 2.02. The quantitative estimate of drug-likeness (QED) is 0.833. The summed E-state index contributed by atoms with van der Waals surface area (Å²) in [7, 11) is 0. The van der Waals surface area contributed by atoms with Gasteiger partial charge in [-0.3, -0.25) is 0 Å². The van der Waals surface area contributed by atoms with E-state index in [1.165, 1.54) is 6.39 Å². The normalized spacial score (nSPS) is 10.6. The second-order valence-electron chi connectivity index (χ2n) is 2.94. The molecule has 0 atom stereocenters. The molecule has 0 bridgehead atoms. The molecule has 0 aromatic carbocycles. The Bertz CT molecular complexity index is 382. The molecule has 2 rings (SSSR count). The molecule has 0 spiro atoms. The monoisotopic (exact) mass is 209 g/mol. The molecule has 5 heteroatoms. The SMILES string of the molecule is Cc1ocnc1CNCc1cscn1. The number of rotatable bonds is 4. The molecule has 0 fully saturated rings. The summed E-state index contributed by atoms with van der Waals surface area (Å²) >= 11 is 1.61. The van der Waals surface area contributed by atoms with E-state index in [-0.39, 0.29) is 0 Å². The van der Waals surface area contributed by atoms with Crippen molar-refractivity contribution in [3.8, 4) is 0 Å². The van der Waals surface area contributed by atoms with Gasteiger partial charge in [0.2, 0.25) is 0 Å². The lowest BCUT2D eigenvalue weighted by molar-refractivity contribution is 0.522. The van der Waals surface area contributed by atoms with Gasteiger partial charge in [-0.25, -0.2) is 9.97 Å². The summed E-state index contributed by atoms with van der Waals surface area (Å²) in [4.78, 5) is 8.26. The van der Waals surface area contributed by atoms with Crippen molar-refractivity contribution in [2.24, 2.45) is 0 Å². The molecule has 2 heterocycles. The summed E-state index contributed by atoms with van der Waals surface area (Å²) in [5.74, 6) is 0.871. The van der Waals surface area contributed by atoms with Gasteiger partial charge in [-0.15, -0.1) is 11.3 Å². The number of nitrogens with zero attached hydrogens (tertiary/aromatic N) is 2. The molecule has 0 radical (unpaired) electrons. The number of aryl methyl sites for hydroxylation is 1. The average Bonchev–Trinajstić information content (AvgIpc) is 2.78. The third-order valence-corrected chi connectivity index (χ3v) is 2.56. The van der Waals surface area contributed by atoms with E-state index >= 15 is 0 Å². The first kappa shape index (κ1) is 9.36. The molecule has 0 saturated heterocycles. The number of hydrogen-bond acceptors (Lipinski definition) is 5. The van der Waals surface area contributed by atoms with Crippen molar-refractivity contribution in [1.29, 1.82) is 0 Å². The fourth-order valence-electron chi connectivity index (χ4n) is 1.13. The molecular formula is C9H11N3OS. The maximum absolute atomic E-state index is 5.09. The van der Waals surface area contributed by atoms with Crippen LogP contribution in [0.1, 0.15) is 17.1 Å². The smallest absolute Gasteiger partial charge is 0.181 e. The predicted octanol–water partition coefficient (Wildman–Crippen LogP) is 1.73. The van der Waals surface area contributed by atoms with E-state index in [2.05, 4.69) is 15.3 Å². The van der Waals surface area contributed by atoms with E-state index in [0.29, 0.717) is 0 Å². The van der Waals surface area contributed by atoms with Gasteiger partial charge in [0.25, 0.3) is 0 Å². The van der Waals surface area contributed by atoms with Crippen LogP contribution in [0.3, 0.4) is 0 Å². The first-order chi connectivity index (χ1) is 6.86. The molecule has 4 nitrogen and oxygen atoms in total. The Kier molecular flexibility index (Phi) is 2.90. The van der Waals surface area contributed by atoms with Gasteiger partial charge in [-0.1, -0.05) is 0 Å². The minimum Gasteiger partial charge on any atom is -0.448 e. The van der Waals surface area contributed by atoms with Crippen LogP contribution in [0.5, 0.6) is 0 Å². The van der Waals surface area contributed by atoms with E-state index in [0.717, 1.165) is 30.2 Å². The highest BCUT2D eigenvalue weighted by molar-refractivity contribution is 7.07. The lowest BCUT2D eigenvalue weighted by atomic mass is 10.3. The summed E-state index contributed by atoms with van der Waals surface area (Å²) in [6, 6.07) is 0. The maximum atomic E-state index is 5.09. The number of oxazole rings is 1. The zero-order chi connectivity index (χ0) is 9.80. The minimum atomic E-state index is 0.722. The van der Waals surface area contributed by atoms with E-state index in [9.17, 15) is 0 Å². The maximum Gasteiger partial charge on any atom is 0.181 e. The fourth-order valence-corrected chi connectivity index (χ4v) is 1.69.